The van der Waals surface area contributed by atoms with Crippen LogP contribution >= 0.6 is 0 Å². The van der Waals surface area contributed by atoms with Crippen LogP contribution in [-0.4, -0.2) is 79.9 Å². The quantitative estimate of drug-likeness (QED) is 0.289. The summed E-state index contributed by atoms with van der Waals surface area (Å²) in [5.74, 6) is 0.0550. The Labute approximate surface area is 257 Å². The maximum atomic E-state index is 14.0. The van der Waals surface area contributed by atoms with E-state index in [2.05, 4.69) is 39.0 Å². The molecule has 4 aromatic carbocycles. The second-order valence-corrected chi connectivity index (χ2v) is 11.8. The zero-order valence-electron chi connectivity index (χ0n) is 25.2. The fourth-order valence-corrected chi connectivity index (χ4v) is 5.99. The molecule has 0 aromatic heterocycles. The number of halogens is 2. The van der Waals surface area contributed by atoms with Crippen LogP contribution in [0.3, 0.4) is 0 Å². The number of hydrogen-bond donors (Lipinski definition) is 1. The number of carbonyl (C=O) groups excluding carboxylic acids is 1. The van der Waals surface area contributed by atoms with Crippen LogP contribution in [0.5, 0.6) is 0 Å². The monoisotopic (exact) mass is 596 g/mol. The SMILES string of the molecule is CN(C)CCN1CCN(C2=Nc3ccccc3C(CC(=O)NCc3cccc(F)c3)N2c2ccc3cc(F)ccc3c2)CC1. The zero-order valence-corrected chi connectivity index (χ0v) is 25.2. The standard InChI is InChI=1S/C35H38F2N6O/c1-40(2)14-15-41-16-18-42(19-17-41)35-39-32-9-4-3-8-31(32)33(23-34(44)38-24-25-6-5-7-28(36)20-25)43(35)30-13-11-26-21-29(37)12-10-27(26)22-30/h3-13,20-22,33H,14-19,23-24H2,1-2H3,(H,38,44). The highest BCUT2D eigenvalue weighted by Crippen LogP contribution is 2.41. The topological polar surface area (TPSA) is 54.4 Å². The van der Waals surface area contributed by atoms with Crippen molar-refractivity contribution in [2.75, 3.05) is 58.3 Å². The molecule has 1 atom stereocenters. The van der Waals surface area contributed by atoms with E-state index < -0.39 is 0 Å². The molecule has 7 nitrogen and oxygen atoms in total. The van der Waals surface area contributed by atoms with E-state index in [-0.39, 0.29) is 36.5 Å². The molecule has 1 N–H and O–H groups in total. The summed E-state index contributed by atoms with van der Waals surface area (Å²) in [6, 6.07) is 24.6. The average molecular weight is 597 g/mol. The number of carbonyl (C=O) groups is 1. The number of hydrogen-bond acceptors (Lipinski definition) is 6. The first-order valence-electron chi connectivity index (χ1n) is 15.1. The van der Waals surface area contributed by atoms with E-state index in [0.29, 0.717) is 5.56 Å². The van der Waals surface area contributed by atoms with Crippen molar-refractivity contribution < 1.29 is 13.6 Å². The molecule has 1 fully saturated rings. The minimum atomic E-state index is -0.337. The summed E-state index contributed by atoms with van der Waals surface area (Å²) in [5.41, 5.74) is 3.39. The lowest BCUT2D eigenvalue weighted by Crippen LogP contribution is -2.56. The summed E-state index contributed by atoms with van der Waals surface area (Å²) >= 11 is 0. The molecule has 6 rings (SSSR count). The predicted octanol–water partition coefficient (Wildman–Crippen LogP) is 5.55. The number of nitrogens with zero attached hydrogens (tertiary/aromatic N) is 5. The molecule has 2 aliphatic heterocycles. The summed E-state index contributed by atoms with van der Waals surface area (Å²) in [6.45, 7) is 5.70. The van der Waals surface area contributed by atoms with E-state index in [0.717, 1.165) is 72.9 Å². The van der Waals surface area contributed by atoms with E-state index in [1.165, 1.54) is 24.3 Å². The van der Waals surface area contributed by atoms with Crippen LogP contribution in [-0.2, 0) is 11.3 Å². The number of anilines is 1. The van der Waals surface area contributed by atoms with Gasteiger partial charge in [-0.1, -0.05) is 42.5 Å². The molecule has 0 aliphatic carbocycles. The highest BCUT2D eigenvalue weighted by Gasteiger charge is 2.36. The van der Waals surface area contributed by atoms with Gasteiger partial charge in [-0.05, 0) is 72.9 Å². The molecule has 44 heavy (non-hydrogen) atoms. The molecule has 0 saturated carbocycles. The number of fused-ring (bicyclic) bond motifs is 2. The Bertz CT molecular complexity index is 1670. The maximum absolute atomic E-state index is 14.0. The molecule has 1 unspecified atom stereocenters. The molecule has 0 spiro atoms. The van der Waals surface area contributed by atoms with Crippen LogP contribution in [0.15, 0.2) is 89.9 Å². The van der Waals surface area contributed by atoms with Crippen molar-refractivity contribution in [3.8, 4) is 0 Å². The van der Waals surface area contributed by atoms with Crippen molar-refractivity contribution in [2.45, 2.75) is 19.0 Å². The number of amides is 1. The first-order chi connectivity index (χ1) is 21.3. The maximum Gasteiger partial charge on any atom is 0.222 e. The molecule has 4 aromatic rings. The van der Waals surface area contributed by atoms with Gasteiger partial charge in [-0.2, -0.15) is 0 Å². The Kier molecular flexibility index (Phi) is 8.86. The number of piperazine rings is 1. The van der Waals surface area contributed by atoms with Gasteiger partial charge in [0.05, 0.1) is 18.2 Å². The number of guanidine groups is 1. The zero-order chi connectivity index (χ0) is 30.6. The van der Waals surface area contributed by atoms with Crippen molar-refractivity contribution in [2.24, 2.45) is 4.99 Å². The van der Waals surface area contributed by atoms with E-state index in [1.54, 1.807) is 18.2 Å². The summed E-state index contributed by atoms with van der Waals surface area (Å²) in [4.78, 5) is 27.9. The third-order valence-electron chi connectivity index (χ3n) is 8.38. The molecular formula is C35H38F2N6O. The lowest BCUT2D eigenvalue weighted by molar-refractivity contribution is -0.121. The number of rotatable bonds is 8. The van der Waals surface area contributed by atoms with Gasteiger partial charge in [0.1, 0.15) is 11.6 Å². The normalized spacial score (nSPS) is 17.1. The van der Waals surface area contributed by atoms with Crippen LogP contribution in [0.25, 0.3) is 10.8 Å². The lowest BCUT2D eigenvalue weighted by Gasteiger charge is -2.45. The third kappa shape index (κ3) is 6.74. The Morgan fingerprint density at radius 2 is 1.64 bits per heavy atom. The number of nitrogens with one attached hydrogen (secondary N) is 1. The van der Waals surface area contributed by atoms with E-state index in [9.17, 15) is 13.6 Å². The molecule has 0 bridgehead atoms. The van der Waals surface area contributed by atoms with Crippen LogP contribution in [0.4, 0.5) is 20.2 Å². The second kappa shape index (κ2) is 13.1. The Morgan fingerprint density at radius 1 is 0.886 bits per heavy atom. The molecule has 1 amide bonds. The van der Waals surface area contributed by atoms with E-state index in [1.807, 2.05) is 42.5 Å². The van der Waals surface area contributed by atoms with Gasteiger partial charge >= 0.3 is 0 Å². The highest BCUT2D eigenvalue weighted by molar-refractivity contribution is 6.03. The van der Waals surface area contributed by atoms with Crippen molar-refractivity contribution in [3.63, 3.8) is 0 Å². The third-order valence-corrected chi connectivity index (χ3v) is 8.38. The summed E-state index contributed by atoms with van der Waals surface area (Å²) < 4.78 is 27.8. The van der Waals surface area contributed by atoms with Crippen LogP contribution in [0.1, 0.15) is 23.6 Å². The van der Waals surface area contributed by atoms with Crippen molar-refractivity contribution in [1.29, 1.82) is 0 Å². The van der Waals surface area contributed by atoms with Gasteiger partial charge in [-0.15, -0.1) is 0 Å². The predicted molar refractivity (Wildman–Crippen MR) is 172 cm³/mol. The minimum absolute atomic E-state index is 0.142. The lowest BCUT2D eigenvalue weighted by atomic mass is 9.96. The summed E-state index contributed by atoms with van der Waals surface area (Å²) in [6.07, 6.45) is 0.176. The molecule has 9 heteroatoms. The number of benzene rings is 4. The molecule has 1 saturated heterocycles. The van der Waals surface area contributed by atoms with Crippen LogP contribution in [0.2, 0.25) is 0 Å². The number of aliphatic imine (C=N–C) groups is 1. The Balaban J connectivity index is 1.33. The fourth-order valence-electron chi connectivity index (χ4n) is 5.99. The molecule has 2 aliphatic rings. The first kappa shape index (κ1) is 29.7. The van der Waals surface area contributed by atoms with Gasteiger partial charge < -0.3 is 20.0 Å². The van der Waals surface area contributed by atoms with Gasteiger partial charge in [0.2, 0.25) is 11.9 Å². The van der Waals surface area contributed by atoms with Crippen molar-refractivity contribution >= 4 is 34.0 Å². The van der Waals surface area contributed by atoms with E-state index >= 15 is 0 Å². The van der Waals surface area contributed by atoms with Crippen molar-refractivity contribution in [1.82, 2.24) is 20.0 Å². The molecular weight excluding hydrogens is 558 g/mol. The van der Waals surface area contributed by atoms with Crippen LogP contribution in [0, 0.1) is 11.6 Å². The van der Waals surface area contributed by atoms with Gasteiger partial charge in [0.25, 0.3) is 0 Å². The van der Waals surface area contributed by atoms with Gasteiger partial charge in [-0.25, -0.2) is 13.8 Å². The Hall–Kier alpha value is -4.34. The van der Waals surface area contributed by atoms with Gasteiger partial charge in [0.15, 0.2) is 0 Å². The Morgan fingerprint density at radius 3 is 2.43 bits per heavy atom. The minimum Gasteiger partial charge on any atom is -0.352 e. The first-order valence-corrected chi connectivity index (χ1v) is 15.1. The van der Waals surface area contributed by atoms with Gasteiger partial charge in [0, 0.05) is 57.1 Å². The number of likely N-dealkylation sites (N-methyl/N-ethyl adjacent to an activating group) is 1. The van der Waals surface area contributed by atoms with E-state index in [4.69, 9.17) is 4.99 Å². The summed E-state index contributed by atoms with van der Waals surface area (Å²) in [7, 11) is 4.18. The molecule has 2 heterocycles. The molecule has 228 valence electrons. The fraction of sp³-hybridized carbons (Fsp3) is 0.314. The average Bonchev–Trinajstić information content (AvgIpc) is 3.02. The smallest absolute Gasteiger partial charge is 0.222 e. The largest absolute Gasteiger partial charge is 0.352 e. The van der Waals surface area contributed by atoms with Gasteiger partial charge in [-0.3, -0.25) is 9.69 Å². The highest BCUT2D eigenvalue weighted by atomic mass is 19.1. The van der Waals surface area contributed by atoms with Crippen LogP contribution < -0.4 is 10.2 Å². The summed E-state index contributed by atoms with van der Waals surface area (Å²) in [5, 5.41) is 4.71. The number of para-hydroxylation sites is 1. The van der Waals surface area contributed by atoms with Crippen molar-refractivity contribution in [3.05, 3.63) is 108 Å². The second-order valence-electron chi connectivity index (χ2n) is 11.8. The molecule has 0 radical (unpaired) electrons.